The van der Waals surface area contributed by atoms with Gasteiger partial charge in [0.05, 0.1) is 5.56 Å². The molecule has 1 amide bonds. The Hall–Kier alpha value is -1.11. The molecule has 21 heavy (non-hydrogen) atoms. The molecule has 1 fully saturated rings. The largest absolute Gasteiger partial charge is 0.434 e. The van der Waals surface area contributed by atoms with Gasteiger partial charge in [-0.2, -0.15) is 8.78 Å². The summed E-state index contributed by atoms with van der Waals surface area (Å²) in [4.78, 5) is 12.1. The Morgan fingerprint density at radius 3 is 2.86 bits per heavy atom. The average Bonchev–Trinajstić information content (AvgIpc) is 2.41. The number of carbonyl (C=O) groups excluding carboxylic acids is 1. The first kappa shape index (κ1) is 17.9. The molecule has 8 heteroatoms. The molecule has 2 N–H and O–H groups in total. The molecule has 2 rings (SSSR count). The first-order valence-electron chi connectivity index (χ1n) is 6.32. The van der Waals surface area contributed by atoms with E-state index < -0.39 is 12.5 Å². The Kier molecular flexibility index (Phi) is 7.14. The predicted octanol–water partition coefficient (Wildman–Crippen LogP) is 2.85. The summed E-state index contributed by atoms with van der Waals surface area (Å²) < 4.78 is 29.0. The van der Waals surface area contributed by atoms with Crippen molar-refractivity contribution in [3.63, 3.8) is 0 Å². The van der Waals surface area contributed by atoms with E-state index in [4.69, 9.17) is 11.6 Å². The summed E-state index contributed by atoms with van der Waals surface area (Å²) in [6.45, 7) is -1.40. The Labute approximate surface area is 132 Å². The van der Waals surface area contributed by atoms with E-state index in [2.05, 4.69) is 15.4 Å². The summed E-state index contributed by atoms with van der Waals surface area (Å²) in [7, 11) is 0. The van der Waals surface area contributed by atoms with E-state index in [0.29, 0.717) is 11.6 Å². The van der Waals surface area contributed by atoms with Crippen LogP contribution in [0, 0.1) is 0 Å². The van der Waals surface area contributed by atoms with E-state index >= 15 is 0 Å². The van der Waals surface area contributed by atoms with Crippen molar-refractivity contribution in [2.45, 2.75) is 25.5 Å². The molecule has 1 atom stereocenters. The monoisotopic (exact) mass is 340 g/mol. The molecular weight excluding hydrogens is 325 g/mol. The van der Waals surface area contributed by atoms with Crippen LogP contribution in [0.5, 0.6) is 5.75 Å². The quantitative estimate of drug-likeness (QED) is 0.886. The predicted molar refractivity (Wildman–Crippen MR) is 78.7 cm³/mol. The number of carbonyl (C=O) groups is 1. The highest BCUT2D eigenvalue weighted by Crippen LogP contribution is 2.24. The number of amides is 1. The number of piperidine rings is 1. The van der Waals surface area contributed by atoms with Crippen molar-refractivity contribution in [2.24, 2.45) is 0 Å². The molecule has 0 radical (unpaired) electrons. The second kappa shape index (κ2) is 8.36. The van der Waals surface area contributed by atoms with Crippen LogP contribution in [0.1, 0.15) is 23.2 Å². The number of hydrogen-bond acceptors (Lipinski definition) is 3. The Morgan fingerprint density at radius 2 is 2.24 bits per heavy atom. The molecule has 0 bridgehead atoms. The molecule has 118 valence electrons. The molecule has 1 aromatic carbocycles. The minimum atomic E-state index is -2.99. The van der Waals surface area contributed by atoms with Crippen molar-refractivity contribution >= 4 is 29.9 Å². The van der Waals surface area contributed by atoms with E-state index in [1.54, 1.807) is 0 Å². The molecule has 1 aliphatic rings. The molecule has 4 nitrogen and oxygen atoms in total. The number of ether oxygens (including phenoxy) is 1. The van der Waals surface area contributed by atoms with Gasteiger partial charge in [-0.1, -0.05) is 11.6 Å². The summed E-state index contributed by atoms with van der Waals surface area (Å²) in [5.41, 5.74) is 0.0170. The molecule has 0 aliphatic carbocycles. The molecule has 0 unspecified atom stereocenters. The van der Waals surface area contributed by atoms with Gasteiger partial charge in [0.1, 0.15) is 5.75 Å². The summed E-state index contributed by atoms with van der Waals surface area (Å²) in [6.07, 6.45) is 1.81. The first-order chi connectivity index (χ1) is 9.56. The van der Waals surface area contributed by atoms with Gasteiger partial charge in [-0.3, -0.25) is 4.79 Å². The number of benzene rings is 1. The van der Waals surface area contributed by atoms with Crippen LogP contribution in [-0.4, -0.2) is 31.7 Å². The third-order valence-corrected chi connectivity index (χ3v) is 3.27. The topological polar surface area (TPSA) is 50.4 Å². The number of hydrogen-bond donors (Lipinski definition) is 2. The third kappa shape index (κ3) is 5.30. The fourth-order valence-electron chi connectivity index (χ4n) is 2.12. The molecule has 0 saturated carbocycles. The number of halogens is 4. The van der Waals surface area contributed by atoms with Gasteiger partial charge in [-0.25, -0.2) is 0 Å². The van der Waals surface area contributed by atoms with E-state index in [-0.39, 0.29) is 29.8 Å². The zero-order valence-corrected chi connectivity index (χ0v) is 12.6. The zero-order valence-electron chi connectivity index (χ0n) is 11.1. The minimum absolute atomic E-state index is 0. The summed E-state index contributed by atoms with van der Waals surface area (Å²) >= 11 is 5.80. The van der Waals surface area contributed by atoms with Gasteiger partial charge in [0, 0.05) is 17.6 Å². The lowest BCUT2D eigenvalue weighted by atomic mass is 10.1. The SMILES string of the molecule is Cl.O=C(N[C@H]1CCCNC1)c1cc(Cl)ccc1OC(F)F. The standard InChI is InChI=1S/C13H15ClF2N2O2.ClH/c14-8-3-4-11(20-13(15)16)10(6-8)12(19)18-9-2-1-5-17-7-9;/h3-4,6,9,13,17H,1-2,5,7H2,(H,18,19);1H/t9-;/m0./s1. The van der Waals surface area contributed by atoms with Crippen LogP contribution in [0.2, 0.25) is 5.02 Å². The lowest BCUT2D eigenvalue weighted by molar-refractivity contribution is -0.0501. The van der Waals surface area contributed by atoms with Gasteiger partial charge >= 0.3 is 6.61 Å². The van der Waals surface area contributed by atoms with Crippen LogP contribution < -0.4 is 15.4 Å². The number of alkyl halides is 2. The average molecular weight is 341 g/mol. The molecule has 1 saturated heterocycles. The van der Waals surface area contributed by atoms with Crippen LogP contribution in [0.4, 0.5) is 8.78 Å². The van der Waals surface area contributed by atoms with Crippen LogP contribution in [0.25, 0.3) is 0 Å². The van der Waals surface area contributed by atoms with E-state index in [1.165, 1.54) is 18.2 Å². The van der Waals surface area contributed by atoms with Crippen LogP contribution in [0.3, 0.4) is 0 Å². The van der Waals surface area contributed by atoms with Gasteiger partial charge in [0.2, 0.25) is 0 Å². The lowest BCUT2D eigenvalue weighted by Crippen LogP contribution is -2.45. The maximum absolute atomic E-state index is 12.3. The second-order valence-electron chi connectivity index (χ2n) is 4.54. The van der Waals surface area contributed by atoms with Crippen molar-refractivity contribution in [1.29, 1.82) is 0 Å². The smallest absolute Gasteiger partial charge is 0.387 e. The minimum Gasteiger partial charge on any atom is -0.434 e. The first-order valence-corrected chi connectivity index (χ1v) is 6.70. The van der Waals surface area contributed by atoms with E-state index in [9.17, 15) is 13.6 Å². The fraction of sp³-hybridized carbons (Fsp3) is 0.462. The molecule has 1 aliphatic heterocycles. The van der Waals surface area contributed by atoms with Crippen molar-refractivity contribution in [3.05, 3.63) is 28.8 Å². The van der Waals surface area contributed by atoms with Gasteiger partial charge < -0.3 is 15.4 Å². The summed E-state index contributed by atoms with van der Waals surface area (Å²) in [5.74, 6) is -0.637. The fourth-order valence-corrected chi connectivity index (χ4v) is 2.29. The Balaban J connectivity index is 0.00000220. The highest BCUT2D eigenvalue weighted by atomic mass is 35.5. The molecule has 0 spiro atoms. The van der Waals surface area contributed by atoms with Gasteiger partial charge in [0.15, 0.2) is 0 Å². The Bertz CT molecular complexity index is 483. The third-order valence-electron chi connectivity index (χ3n) is 3.03. The lowest BCUT2D eigenvalue weighted by Gasteiger charge is -2.24. The van der Waals surface area contributed by atoms with Gasteiger partial charge in [-0.15, -0.1) is 12.4 Å². The number of nitrogens with one attached hydrogen (secondary N) is 2. The highest BCUT2D eigenvalue weighted by Gasteiger charge is 2.20. The zero-order chi connectivity index (χ0) is 14.5. The van der Waals surface area contributed by atoms with E-state index in [1.807, 2.05) is 0 Å². The molecular formula is C13H16Cl2F2N2O2. The summed E-state index contributed by atoms with van der Waals surface area (Å²) in [5, 5.41) is 6.24. The maximum Gasteiger partial charge on any atom is 0.387 e. The maximum atomic E-state index is 12.3. The van der Waals surface area contributed by atoms with E-state index in [0.717, 1.165) is 19.4 Å². The molecule has 1 aromatic rings. The van der Waals surface area contributed by atoms with Crippen LogP contribution >= 0.6 is 24.0 Å². The molecule has 0 aromatic heterocycles. The van der Waals surface area contributed by atoms with Crippen molar-refractivity contribution in [1.82, 2.24) is 10.6 Å². The normalized spacial score (nSPS) is 18.0. The van der Waals surface area contributed by atoms with Crippen LogP contribution in [-0.2, 0) is 0 Å². The van der Waals surface area contributed by atoms with Crippen molar-refractivity contribution < 1.29 is 18.3 Å². The summed E-state index contributed by atoms with van der Waals surface area (Å²) in [6, 6.07) is 3.97. The van der Waals surface area contributed by atoms with Crippen molar-refractivity contribution in [2.75, 3.05) is 13.1 Å². The van der Waals surface area contributed by atoms with Gasteiger partial charge in [-0.05, 0) is 37.6 Å². The highest BCUT2D eigenvalue weighted by molar-refractivity contribution is 6.31. The molecule has 1 heterocycles. The number of rotatable bonds is 4. The van der Waals surface area contributed by atoms with Crippen LogP contribution in [0.15, 0.2) is 18.2 Å². The van der Waals surface area contributed by atoms with Gasteiger partial charge in [0.25, 0.3) is 5.91 Å². The second-order valence-corrected chi connectivity index (χ2v) is 4.97. The Morgan fingerprint density at radius 1 is 1.48 bits per heavy atom. The van der Waals surface area contributed by atoms with Crippen molar-refractivity contribution in [3.8, 4) is 5.75 Å².